The molecule has 22 heavy (non-hydrogen) atoms. The van der Waals surface area contributed by atoms with Crippen LogP contribution in [0.3, 0.4) is 0 Å². The number of esters is 1. The number of hydrogen-bond donors (Lipinski definition) is 0. The van der Waals surface area contributed by atoms with Gasteiger partial charge in [-0.25, -0.2) is 0 Å². The van der Waals surface area contributed by atoms with Gasteiger partial charge in [-0.1, -0.05) is 38.1 Å². The molecule has 0 saturated carbocycles. The lowest BCUT2D eigenvalue weighted by Gasteiger charge is -2.37. The molecule has 1 heterocycles. The molecule has 0 N–H and O–H groups in total. The second-order valence-electron chi connectivity index (χ2n) is 6.41. The van der Waals surface area contributed by atoms with Gasteiger partial charge in [0, 0.05) is 32.7 Å². The molecule has 0 bridgehead atoms. The summed E-state index contributed by atoms with van der Waals surface area (Å²) in [6, 6.07) is 8.79. The van der Waals surface area contributed by atoms with E-state index in [9.17, 15) is 4.79 Å². The Morgan fingerprint density at radius 1 is 1.09 bits per heavy atom. The van der Waals surface area contributed by atoms with Crippen LogP contribution in [0.5, 0.6) is 0 Å². The quantitative estimate of drug-likeness (QED) is 0.783. The zero-order valence-corrected chi connectivity index (χ0v) is 14.2. The van der Waals surface area contributed by atoms with Crippen LogP contribution in [0.1, 0.15) is 37.8 Å². The largest absolute Gasteiger partial charge is 0.468 e. The molecular weight excluding hydrogens is 276 g/mol. The van der Waals surface area contributed by atoms with Gasteiger partial charge in [-0.3, -0.25) is 14.6 Å². The van der Waals surface area contributed by atoms with Gasteiger partial charge < -0.3 is 4.74 Å². The van der Waals surface area contributed by atoms with Crippen LogP contribution in [0.15, 0.2) is 24.3 Å². The summed E-state index contributed by atoms with van der Waals surface area (Å²) in [5, 5.41) is 0. The first-order valence-electron chi connectivity index (χ1n) is 8.14. The van der Waals surface area contributed by atoms with Crippen molar-refractivity contribution in [3.05, 3.63) is 35.4 Å². The Morgan fingerprint density at radius 3 is 2.18 bits per heavy atom. The highest BCUT2D eigenvalue weighted by Crippen LogP contribution is 2.16. The van der Waals surface area contributed by atoms with Gasteiger partial charge in [-0.2, -0.15) is 0 Å². The zero-order valence-electron chi connectivity index (χ0n) is 14.2. The van der Waals surface area contributed by atoms with Gasteiger partial charge in [0.1, 0.15) is 6.04 Å². The molecule has 0 amide bonds. The summed E-state index contributed by atoms with van der Waals surface area (Å²) in [4.78, 5) is 16.2. The van der Waals surface area contributed by atoms with Crippen molar-refractivity contribution in [1.82, 2.24) is 9.80 Å². The Balaban J connectivity index is 1.83. The minimum atomic E-state index is -0.141. The minimum Gasteiger partial charge on any atom is -0.468 e. The fraction of sp³-hybridized carbons (Fsp3) is 0.611. The van der Waals surface area contributed by atoms with E-state index in [1.807, 2.05) is 6.92 Å². The van der Waals surface area contributed by atoms with Crippen molar-refractivity contribution in [2.45, 2.75) is 39.3 Å². The van der Waals surface area contributed by atoms with Crippen molar-refractivity contribution in [2.24, 2.45) is 0 Å². The Kier molecular flexibility index (Phi) is 5.98. The van der Waals surface area contributed by atoms with Crippen LogP contribution in [0.4, 0.5) is 0 Å². The number of methoxy groups -OCH3 is 1. The monoisotopic (exact) mass is 304 g/mol. The van der Waals surface area contributed by atoms with Crippen molar-refractivity contribution in [3.63, 3.8) is 0 Å². The fourth-order valence-corrected chi connectivity index (χ4v) is 2.89. The van der Waals surface area contributed by atoms with E-state index in [0.29, 0.717) is 5.92 Å². The third-order valence-electron chi connectivity index (χ3n) is 4.55. The van der Waals surface area contributed by atoms with E-state index in [-0.39, 0.29) is 12.0 Å². The first-order valence-corrected chi connectivity index (χ1v) is 8.14. The van der Waals surface area contributed by atoms with Crippen LogP contribution in [-0.4, -0.2) is 55.1 Å². The van der Waals surface area contributed by atoms with Gasteiger partial charge in [0.15, 0.2) is 0 Å². The average molecular weight is 304 g/mol. The maximum atomic E-state index is 11.6. The molecule has 0 spiro atoms. The number of carbonyl (C=O) groups is 1. The molecule has 1 aliphatic rings. The summed E-state index contributed by atoms with van der Waals surface area (Å²) >= 11 is 0. The summed E-state index contributed by atoms with van der Waals surface area (Å²) in [6.07, 6.45) is 0. The highest BCUT2D eigenvalue weighted by atomic mass is 16.5. The normalized spacial score (nSPS) is 18.4. The van der Waals surface area contributed by atoms with Gasteiger partial charge in [0.2, 0.25) is 0 Å². The lowest BCUT2D eigenvalue weighted by Crippen LogP contribution is -2.51. The first-order chi connectivity index (χ1) is 10.5. The zero-order chi connectivity index (χ0) is 16.1. The molecule has 1 aromatic rings. The summed E-state index contributed by atoms with van der Waals surface area (Å²) < 4.78 is 4.82. The lowest BCUT2D eigenvalue weighted by molar-refractivity contribution is -0.147. The fourth-order valence-electron chi connectivity index (χ4n) is 2.89. The van der Waals surface area contributed by atoms with Gasteiger partial charge in [0.05, 0.1) is 7.11 Å². The molecular formula is C18H28N2O2. The molecule has 2 rings (SSSR count). The van der Waals surface area contributed by atoms with Crippen molar-refractivity contribution in [2.75, 3.05) is 33.3 Å². The number of nitrogens with zero attached hydrogens (tertiary/aromatic N) is 2. The maximum absolute atomic E-state index is 11.6. The lowest BCUT2D eigenvalue weighted by atomic mass is 10.0. The second-order valence-corrected chi connectivity index (χ2v) is 6.41. The number of piperazine rings is 1. The highest BCUT2D eigenvalue weighted by molar-refractivity contribution is 5.75. The van der Waals surface area contributed by atoms with E-state index < -0.39 is 0 Å². The predicted molar refractivity (Wildman–Crippen MR) is 88.9 cm³/mol. The number of benzene rings is 1. The smallest absolute Gasteiger partial charge is 0.322 e. The van der Waals surface area contributed by atoms with Crippen LogP contribution < -0.4 is 0 Å². The molecule has 0 radical (unpaired) electrons. The molecule has 1 unspecified atom stereocenters. The predicted octanol–water partition coefficient (Wildman–Crippen LogP) is 2.49. The van der Waals surface area contributed by atoms with E-state index in [2.05, 4.69) is 47.9 Å². The number of hydrogen-bond acceptors (Lipinski definition) is 4. The van der Waals surface area contributed by atoms with Crippen LogP contribution >= 0.6 is 0 Å². The van der Waals surface area contributed by atoms with E-state index in [1.54, 1.807) is 0 Å². The highest BCUT2D eigenvalue weighted by Gasteiger charge is 2.25. The van der Waals surface area contributed by atoms with Gasteiger partial charge in [-0.05, 0) is 24.0 Å². The molecule has 0 aliphatic carbocycles. The Bertz CT molecular complexity index is 476. The Labute approximate surface area is 134 Å². The molecule has 1 saturated heterocycles. The topological polar surface area (TPSA) is 32.8 Å². The third kappa shape index (κ3) is 4.31. The summed E-state index contributed by atoms with van der Waals surface area (Å²) in [7, 11) is 1.45. The van der Waals surface area contributed by atoms with E-state index >= 15 is 0 Å². The summed E-state index contributed by atoms with van der Waals surface area (Å²) in [6.45, 7) is 11.2. The van der Waals surface area contributed by atoms with E-state index in [0.717, 1.165) is 32.7 Å². The van der Waals surface area contributed by atoms with Crippen molar-refractivity contribution < 1.29 is 9.53 Å². The van der Waals surface area contributed by atoms with Crippen molar-refractivity contribution in [3.8, 4) is 0 Å². The van der Waals surface area contributed by atoms with Crippen LogP contribution in [0.25, 0.3) is 0 Å². The molecule has 0 aromatic heterocycles. The molecule has 4 heteroatoms. The van der Waals surface area contributed by atoms with Crippen molar-refractivity contribution in [1.29, 1.82) is 0 Å². The van der Waals surface area contributed by atoms with Gasteiger partial charge in [0.25, 0.3) is 0 Å². The van der Waals surface area contributed by atoms with Crippen LogP contribution in [0, 0.1) is 0 Å². The minimum absolute atomic E-state index is 0.141. The summed E-state index contributed by atoms with van der Waals surface area (Å²) in [5.41, 5.74) is 2.75. The Hall–Kier alpha value is -1.39. The number of rotatable bonds is 5. The second kappa shape index (κ2) is 7.75. The first kappa shape index (κ1) is 17.0. The molecule has 1 atom stereocenters. The van der Waals surface area contributed by atoms with E-state index in [4.69, 9.17) is 4.74 Å². The van der Waals surface area contributed by atoms with Gasteiger partial charge in [-0.15, -0.1) is 0 Å². The molecule has 1 fully saturated rings. The summed E-state index contributed by atoms with van der Waals surface area (Å²) in [5.74, 6) is 0.440. The molecule has 122 valence electrons. The number of ether oxygens (including phenoxy) is 1. The van der Waals surface area contributed by atoms with Crippen LogP contribution in [0.2, 0.25) is 0 Å². The third-order valence-corrected chi connectivity index (χ3v) is 4.55. The standard InChI is InChI=1S/C18H28N2O2/c1-14(2)17-7-5-16(6-8-17)13-19-9-11-20(12-10-19)15(3)18(21)22-4/h5-8,14-15H,9-13H2,1-4H3. The van der Waals surface area contributed by atoms with Crippen LogP contribution in [-0.2, 0) is 16.1 Å². The average Bonchev–Trinajstić information content (AvgIpc) is 2.54. The number of carbonyl (C=O) groups excluding carboxylic acids is 1. The SMILES string of the molecule is COC(=O)C(C)N1CCN(Cc2ccc(C(C)C)cc2)CC1. The maximum Gasteiger partial charge on any atom is 0.322 e. The van der Waals surface area contributed by atoms with Gasteiger partial charge >= 0.3 is 5.97 Å². The van der Waals surface area contributed by atoms with Crippen molar-refractivity contribution >= 4 is 5.97 Å². The molecule has 1 aromatic carbocycles. The molecule has 4 nitrogen and oxygen atoms in total. The Morgan fingerprint density at radius 2 is 1.68 bits per heavy atom. The molecule has 1 aliphatic heterocycles. The van der Waals surface area contributed by atoms with E-state index in [1.165, 1.54) is 18.2 Å².